The molecule has 0 radical (unpaired) electrons. The number of carbonyl (C=O) groups is 1. The number of carbonyl (C=O) groups excluding carboxylic acids is 1. The number of hydrogen-bond donors (Lipinski definition) is 0. The van der Waals surface area contributed by atoms with Gasteiger partial charge in [-0.1, -0.05) is 18.2 Å². The molecule has 2 aromatic rings. The maximum atomic E-state index is 13.6. The van der Waals surface area contributed by atoms with E-state index in [0.717, 1.165) is 36.2 Å². The Bertz CT molecular complexity index is 880. The van der Waals surface area contributed by atoms with Crippen molar-refractivity contribution in [2.24, 2.45) is 0 Å². The second-order valence-corrected chi connectivity index (χ2v) is 8.97. The number of nitrogens with zero attached hydrogens (tertiary/aromatic N) is 3. The van der Waals surface area contributed by atoms with Crippen molar-refractivity contribution in [1.29, 1.82) is 0 Å². The average molecular weight is 381 g/mol. The van der Waals surface area contributed by atoms with Gasteiger partial charge in [0.2, 0.25) is 0 Å². The normalized spacial score (nSPS) is 26.7. The molecular weight excluding hydrogens is 354 g/mol. The van der Waals surface area contributed by atoms with Crippen molar-refractivity contribution in [2.75, 3.05) is 26.3 Å². The van der Waals surface area contributed by atoms with Gasteiger partial charge in [-0.3, -0.25) is 4.79 Å². The van der Waals surface area contributed by atoms with E-state index in [4.69, 9.17) is 9.47 Å². The smallest absolute Gasteiger partial charge is 0.257 e. The van der Waals surface area contributed by atoms with Crippen LogP contribution < -0.4 is 0 Å². The second-order valence-electron chi connectivity index (χ2n) is 8.97. The predicted octanol–water partition coefficient (Wildman–Crippen LogP) is 3.16. The van der Waals surface area contributed by atoms with E-state index in [0.29, 0.717) is 32.2 Å². The number of benzene rings is 1. The molecule has 0 bridgehead atoms. The highest BCUT2D eigenvalue weighted by atomic mass is 16.6. The van der Waals surface area contributed by atoms with Crippen LogP contribution in [0.25, 0.3) is 5.69 Å². The summed E-state index contributed by atoms with van der Waals surface area (Å²) in [6.07, 6.45) is 4.82. The summed E-state index contributed by atoms with van der Waals surface area (Å²) in [5.74, 6) is 0.478. The van der Waals surface area contributed by atoms with Crippen LogP contribution in [0.5, 0.6) is 0 Å². The summed E-state index contributed by atoms with van der Waals surface area (Å²) in [6, 6.07) is 10.1. The van der Waals surface area contributed by atoms with Gasteiger partial charge in [0.05, 0.1) is 41.9 Å². The Balaban J connectivity index is 1.49. The maximum absolute atomic E-state index is 13.6. The molecule has 0 N–H and O–H groups in total. The minimum atomic E-state index is -0.392. The molecule has 0 unspecified atom stereocenters. The third kappa shape index (κ3) is 3.14. The topological polar surface area (TPSA) is 56.6 Å². The highest BCUT2D eigenvalue weighted by Gasteiger charge is 2.48. The van der Waals surface area contributed by atoms with Crippen molar-refractivity contribution in [2.45, 2.75) is 50.2 Å². The van der Waals surface area contributed by atoms with E-state index in [1.807, 2.05) is 39.9 Å². The second kappa shape index (κ2) is 6.42. The first-order valence-corrected chi connectivity index (χ1v) is 10.2. The van der Waals surface area contributed by atoms with E-state index in [1.54, 1.807) is 6.20 Å². The first-order chi connectivity index (χ1) is 13.5. The molecular formula is C22H27N3O3. The van der Waals surface area contributed by atoms with E-state index in [2.05, 4.69) is 18.9 Å². The van der Waals surface area contributed by atoms with Gasteiger partial charge in [0.15, 0.2) is 0 Å². The largest absolute Gasteiger partial charge is 0.378 e. The molecule has 1 aromatic heterocycles. The maximum Gasteiger partial charge on any atom is 0.257 e. The van der Waals surface area contributed by atoms with Gasteiger partial charge in [-0.2, -0.15) is 5.10 Å². The Morgan fingerprint density at radius 3 is 2.64 bits per heavy atom. The lowest BCUT2D eigenvalue weighted by Gasteiger charge is -2.48. The number of hydrogen-bond acceptors (Lipinski definition) is 4. The Kier molecular flexibility index (Phi) is 4.10. The Morgan fingerprint density at radius 1 is 1.18 bits per heavy atom. The fourth-order valence-corrected chi connectivity index (χ4v) is 4.67. The van der Waals surface area contributed by atoms with Crippen molar-refractivity contribution in [3.63, 3.8) is 0 Å². The lowest BCUT2D eigenvalue weighted by atomic mass is 9.94. The number of morpholine rings is 1. The minimum absolute atomic E-state index is 0.0618. The van der Waals surface area contributed by atoms with E-state index in [-0.39, 0.29) is 11.5 Å². The summed E-state index contributed by atoms with van der Waals surface area (Å²) in [6.45, 7) is 6.52. The molecule has 28 heavy (non-hydrogen) atoms. The summed E-state index contributed by atoms with van der Waals surface area (Å²) in [5.41, 5.74) is 2.02. The van der Waals surface area contributed by atoms with Crippen molar-refractivity contribution in [3.05, 3.63) is 47.8 Å². The molecule has 3 heterocycles. The van der Waals surface area contributed by atoms with Crippen LogP contribution in [-0.2, 0) is 9.47 Å². The predicted molar refractivity (Wildman–Crippen MR) is 105 cm³/mol. The van der Waals surface area contributed by atoms with Crippen LogP contribution in [0.3, 0.4) is 0 Å². The average Bonchev–Trinajstić information content (AvgIpc) is 3.26. The van der Waals surface area contributed by atoms with Crippen molar-refractivity contribution in [1.82, 2.24) is 14.7 Å². The first kappa shape index (κ1) is 17.9. The molecule has 2 aliphatic heterocycles. The Labute approximate surface area is 165 Å². The van der Waals surface area contributed by atoms with Gasteiger partial charge in [-0.25, -0.2) is 4.68 Å². The van der Waals surface area contributed by atoms with E-state index >= 15 is 0 Å². The van der Waals surface area contributed by atoms with Gasteiger partial charge in [-0.05, 0) is 38.8 Å². The van der Waals surface area contributed by atoms with Gasteiger partial charge in [0.25, 0.3) is 5.91 Å². The van der Waals surface area contributed by atoms with Gasteiger partial charge in [0, 0.05) is 25.5 Å². The zero-order valence-electron chi connectivity index (χ0n) is 16.6. The monoisotopic (exact) mass is 381 g/mol. The van der Waals surface area contributed by atoms with Gasteiger partial charge in [0.1, 0.15) is 5.60 Å². The molecule has 1 aromatic carbocycles. The van der Waals surface area contributed by atoms with Crippen LogP contribution in [0.1, 0.15) is 55.1 Å². The number of ether oxygens (including phenoxy) is 2. The highest BCUT2D eigenvalue weighted by molar-refractivity contribution is 5.95. The Morgan fingerprint density at radius 2 is 1.96 bits per heavy atom. The van der Waals surface area contributed by atoms with Crippen molar-refractivity contribution < 1.29 is 14.3 Å². The standard InChI is InChI=1S/C22H27N3O3/c1-21(2)13-24(14-22(28-21)10-11-27-15-22)20(26)18-12-23-25(19(18)16-8-9-16)17-6-4-3-5-7-17/h3-7,12,16H,8-11,13-15H2,1-2H3/t22-/m1/s1. The number of aromatic nitrogens is 2. The molecule has 1 amide bonds. The van der Waals surface area contributed by atoms with Crippen LogP contribution in [0, 0.1) is 0 Å². The molecule has 148 valence electrons. The molecule has 6 nitrogen and oxygen atoms in total. The molecule has 2 saturated heterocycles. The van der Waals surface area contributed by atoms with Crippen LogP contribution in [0.2, 0.25) is 0 Å². The lowest BCUT2D eigenvalue weighted by Crippen LogP contribution is -2.61. The van der Waals surface area contributed by atoms with Crippen LogP contribution >= 0.6 is 0 Å². The van der Waals surface area contributed by atoms with Crippen molar-refractivity contribution >= 4 is 5.91 Å². The molecule has 3 aliphatic rings. The molecule has 1 spiro atoms. The molecule has 5 rings (SSSR count). The molecule has 3 fully saturated rings. The zero-order chi connectivity index (χ0) is 19.4. The SMILES string of the molecule is CC1(C)CN(C(=O)c2cnn(-c3ccccc3)c2C2CC2)C[C@@]2(CCOC2)O1. The summed E-state index contributed by atoms with van der Waals surface area (Å²) in [5, 5.41) is 4.60. The van der Waals surface area contributed by atoms with Gasteiger partial charge >= 0.3 is 0 Å². The fourth-order valence-electron chi connectivity index (χ4n) is 4.67. The fraction of sp³-hybridized carbons (Fsp3) is 0.545. The quantitative estimate of drug-likeness (QED) is 0.820. The van der Waals surface area contributed by atoms with Gasteiger partial charge < -0.3 is 14.4 Å². The first-order valence-electron chi connectivity index (χ1n) is 10.2. The Hall–Kier alpha value is -2.18. The summed E-state index contributed by atoms with van der Waals surface area (Å²) in [7, 11) is 0. The summed E-state index contributed by atoms with van der Waals surface area (Å²) < 4.78 is 13.9. The van der Waals surface area contributed by atoms with E-state index in [9.17, 15) is 4.79 Å². The molecule has 6 heteroatoms. The molecule has 1 saturated carbocycles. The highest BCUT2D eigenvalue weighted by Crippen LogP contribution is 2.43. The number of amides is 1. The van der Waals surface area contributed by atoms with E-state index < -0.39 is 5.60 Å². The van der Waals surface area contributed by atoms with Gasteiger partial charge in [-0.15, -0.1) is 0 Å². The number of rotatable bonds is 3. The molecule has 1 atom stereocenters. The third-order valence-electron chi connectivity index (χ3n) is 5.90. The number of para-hydroxylation sites is 1. The third-order valence-corrected chi connectivity index (χ3v) is 5.90. The summed E-state index contributed by atoms with van der Waals surface area (Å²) >= 11 is 0. The van der Waals surface area contributed by atoms with Crippen LogP contribution in [0.4, 0.5) is 0 Å². The minimum Gasteiger partial charge on any atom is -0.378 e. The molecule has 1 aliphatic carbocycles. The zero-order valence-corrected chi connectivity index (χ0v) is 16.6. The van der Waals surface area contributed by atoms with Crippen molar-refractivity contribution in [3.8, 4) is 5.69 Å². The van der Waals surface area contributed by atoms with E-state index in [1.165, 1.54) is 0 Å². The van der Waals surface area contributed by atoms with Crippen LogP contribution in [-0.4, -0.2) is 58.1 Å². The van der Waals surface area contributed by atoms with Crippen LogP contribution in [0.15, 0.2) is 36.5 Å². The lowest BCUT2D eigenvalue weighted by molar-refractivity contribution is -0.186. The summed E-state index contributed by atoms with van der Waals surface area (Å²) in [4.78, 5) is 15.6.